The zero-order valence-electron chi connectivity index (χ0n) is 16.9. The molecule has 0 amide bonds. The van der Waals surface area contributed by atoms with Crippen molar-refractivity contribution < 1.29 is 14.2 Å². The van der Waals surface area contributed by atoms with Gasteiger partial charge in [-0.25, -0.2) is 0 Å². The molecule has 1 aliphatic carbocycles. The van der Waals surface area contributed by atoms with E-state index in [1.807, 2.05) is 13.0 Å². The topological polar surface area (TPSA) is 27.7 Å². The van der Waals surface area contributed by atoms with Crippen molar-refractivity contribution in [3.63, 3.8) is 0 Å². The fourth-order valence-corrected chi connectivity index (χ4v) is 4.62. The maximum absolute atomic E-state index is 6.53. The van der Waals surface area contributed by atoms with E-state index in [-0.39, 0.29) is 23.0 Å². The second kappa shape index (κ2) is 8.66. The zero-order valence-corrected chi connectivity index (χ0v) is 16.9. The van der Waals surface area contributed by atoms with Crippen LogP contribution in [-0.2, 0) is 14.2 Å². The molecule has 0 N–H and O–H groups in total. The molecule has 0 bridgehead atoms. The molecule has 1 aliphatic rings. The molecule has 3 nitrogen and oxygen atoms in total. The van der Waals surface area contributed by atoms with Crippen LogP contribution in [0.3, 0.4) is 0 Å². The summed E-state index contributed by atoms with van der Waals surface area (Å²) in [6.45, 7) is 15.4. The van der Waals surface area contributed by atoms with Crippen molar-refractivity contribution in [2.24, 2.45) is 10.8 Å². The summed E-state index contributed by atoms with van der Waals surface area (Å²) >= 11 is 0. The van der Waals surface area contributed by atoms with E-state index in [4.69, 9.17) is 14.2 Å². The molecule has 0 aromatic heterocycles. The maximum atomic E-state index is 6.53. The minimum atomic E-state index is -0.0117. The molecular weight excluding hydrogens is 312 g/mol. The predicted octanol–water partition coefficient (Wildman–Crippen LogP) is 5.40. The van der Waals surface area contributed by atoms with Crippen LogP contribution in [0.25, 0.3) is 0 Å². The fourth-order valence-electron chi connectivity index (χ4n) is 4.62. The van der Waals surface area contributed by atoms with Gasteiger partial charge >= 0.3 is 0 Å². The lowest BCUT2D eigenvalue weighted by molar-refractivity contribution is -0.174. The standard InChI is InChI=1S/C22H36O3/c1-7-23-18-14-21(3,4)20(22(5,6)15-18)25-16-19(24-8-2)17-12-10-9-11-13-17/h9-13,18-20H,7-8,14-16H2,1-6H3. The minimum Gasteiger partial charge on any atom is -0.378 e. The summed E-state index contributed by atoms with van der Waals surface area (Å²) in [4.78, 5) is 0. The molecule has 25 heavy (non-hydrogen) atoms. The number of hydrogen-bond acceptors (Lipinski definition) is 3. The van der Waals surface area contributed by atoms with Gasteiger partial charge in [0.1, 0.15) is 6.10 Å². The van der Waals surface area contributed by atoms with Gasteiger partial charge < -0.3 is 14.2 Å². The van der Waals surface area contributed by atoms with Crippen molar-refractivity contribution in [3.8, 4) is 0 Å². The van der Waals surface area contributed by atoms with Gasteiger partial charge in [0.15, 0.2) is 0 Å². The van der Waals surface area contributed by atoms with Crippen LogP contribution < -0.4 is 0 Å². The van der Waals surface area contributed by atoms with Crippen molar-refractivity contribution in [1.29, 1.82) is 0 Å². The van der Waals surface area contributed by atoms with Crippen molar-refractivity contribution in [3.05, 3.63) is 35.9 Å². The first-order valence-electron chi connectivity index (χ1n) is 9.70. The second-order valence-corrected chi connectivity index (χ2v) is 8.53. The van der Waals surface area contributed by atoms with Crippen molar-refractivity contribution in [1.82, 2.24) is 0 Å². The van der Waals surface area contributed by atoms with Gasteiger partial charge in [-0.3, -0.25) is 0 Å². The second-order valence-electron chi connectivity index (χ2n) is 8.53. The lowest BCUT2D eigenvalue weighted by Gasteiger charge is -2.51. The Hall–Kier alpha value is -0.900. The van der Waals surface area contributed by atoms with Crippen LogP contribution in [0.2, 0.25) is 0 Å². The van der Waals surface area contributed by atoms with Crippen LogP contribution >= 0.6 is 0 Å². The molecule has 1 fully saturated rings. The Labute approximate surface area is 154 Å². The summed E-state index contributed by atoms with van der Waals surface area (Å²) < 4.78 is 18.4. The summed E-state index contributed by atoms with van der Waals surface area (Å²) in [5.41, 5.74) is 1.34. The SMILES string of the molecule is CCOC1CC(C)(C)C(OCC(OCC)c2ccccc2)C(C)(C)C1. The van der Waals surface area contributed by atoms with Gasteiger partial charge in [0.25, 0.3) is 0 Å². The summed E-state index contributed by atoms with van der Waals surface area (Å²) in [5, 5.41) is 0. The van der Waals surface area contributed by atoms with Crippen LogP contribution in [0.4, 0.5) is 0 Å². The minimum absolute atomic E-state index is 0.0117. The number of rotatable bonds is 8. The summed E-state index contributed by atoms with van der Waals surface area (Å²) in [6, 6.07) is 10.4. The quantitative estimate of drug-likeness (QED) is 0.629. The Balaban J connectivity index is 2.08. The normalized spacial score (nSPS) is 26.3. The molecule has 3 heteroatoms. The van der Waals surface area contributed by atoms with Crippen LogP contribution in [0.15, 0.2) is 30.3 Å². The molecule has 1 aromatic rings. The van der Waals surface area contributed by atoms with Gasteiger partial charge in [0.05, 0.1) is 18.8 Å². The van der Waals surface area contributed by atoms with Gasteiger partial charge in [-0.05, 0) is 43.1 Å². The smallest absolute Gasteiger partial charge is 0.106 e. The third-order valence-electron chi connectivity index (χ3n) is 5.28. The average molecular weight is 349 g/mol. The summed E-state index contributed by atoms with van der Waals surface area (Å²) in [7, 11) is 0. The molecule has 0 heterocycles. The highest BCUT2D eigenvalue weighted by molar-refractivity contribution is 5.17. The molecule has 142 valence electrons. The molecule has 2 rings (SSSR count). The van der Waals surface area contributed by atoms with Gasteiger partial charge in [-0.1, -0.05) is 58.0 Å². The highest BCUT2D eigenvalue weighted by Gasteiger charge is 2.48. The summed E-state index contributed by atoms with van der Waals surface area (Å²) in [5.74, 6) is 0. The number of hydrogen-bond donors (Lipinski definition) is 0. The molecule has 0 radical (unpaired) electrons. The molecule has 1 atom stereocenters. The largest absolute Gasteiger partial charge is 0.378 e. The molecule has 0 spiro atoms. The molecule has 0 saturated heterocycles. The van der Waals surface area contributed by atoms with Crippen molar-refractivity contribution in [2.75, 3.05) is 19.8 Å². The Morgan fingerprint density at radius 3 is 2.04 bits per heavy atom. The third-order valence-corrected chi connectivity index (χ3v) is 5.28. The molecule has 1 saturated carbocycles. The van der Waals surface area contributed by atoms with E-state index in [1.165, 1.54) is 5.56 Å². The first-order chi connectivity index (χ1) is 11.8. The van der Waals surface area contributed by atoms with Gasteiger partial charge in [-0.2, -0.15) is 0 Å². The van der Waals surface area contributed by atoms with E-state index in [0.717, 1.165) is 19.4 Å². The van der Waals surface area contributed by atoms with E-state index in [0.29, 0.717) is 19.3 Å². The third kappa shape index (κ3) is 5.29. The van der Waals surface area contributed by atoms with Gasteiger partial charge in [-0.15, -0.1) is 0 Å². The van der Waals surface area contributed by atoms with Crippen LogP contribution in [0.5, 0.6) is 0 Å². The van der Waals surface area contributed by atoms with E-state index in [1.54, 1.807) is 0 Å². The highest BCUT2D eigenvalue weighted by atomic mass is 16.5. The monoisotopic (exact) mass is 348 g/mol. The first kappa shape index (κ1) is 20.4. The maximum Gasteiger partial charge on any atom is 0.106 e. The Bertz CT molecular complexity index is 491. The highest BCUT2D eigenvalue weighted by Crippen LogP contribution is 2.49. The molecule has 0 aliphatic heterocycles. The lowest BCUT2D eigenvalue weighted by atomic mass is 9.61. The van der Waals surface area contributed by atoms with Crippen molar-refractivity contribution in [2.45, 2.75) is 72.7 Å². The number of benzene rings is 1. The van der Waals surface area contributed by atoms with Gasteiger partial charge in [0, 0.05) is 13.2 Å². The van der Waals surface area contributed by atoms with Crippen molar-refractivity contribution >= 4 is 0 Å². The summed E-state index contributed by atoms with van der Waals surface area (Å²) in [6.07, 6.45) is 2.58. The van der Waals surface area contributed by atoms with E-state index >= 15 is 0 Å². The van der Waals surface area contributed by atoms with Crippen LogP contribution in [-0.4, -0.2) is 32.0 Å². The Kier molecular flexibility index (Phi) is 7.07. The number of ether oxygens (including phenoxy) is 3. The van der Waals surface area contributed by atoms with E-state index < -0.39 is 0 Å². The molecular formula is C22H36O3. The zero-order chi connectivity index (χ0) is 18.5. The lowest BCUT2D eigenvalue weighted by Crippen LogP contribution is -2.52. The van der Waals surface area contributed by atoms with Crippen LogP contribution in [0, 0.1) is 10.8 Å². The van der Waals surface area contributed by atoms with E-state index in [9.17, 15) is 0 Å². The first-order valence-corrected chi connectivity index (χ1v) is 9.70. The van der Waals surface area contributed by atoms with Crippen LogP contribution in [0.1, 0.15) is 66.1 Å². The fraction of sp³-hybridized carbons (Fsp3) is 0.727. The molecule has 1 aromatic carbocycles. The van der Waals surface area contributed by atoms with E-state index in [2.05, 4.69) is 58.9 Å². The Morgan fingerprint density at radius 1 is 0.920 bits per heavy atom. The predicted molar refractivity (Wildman–Crippen MR) is 103 cm³/mol. The molecule has 1 unspecified atom stereocenters. The Morgan fingerprint density at radius 2 is 1.52 bits per heavy atom. The average Bonchev–Trinajstić information content (AvgIpc) is 2.53. The van der Waals surface area contributed by atoms with Gasteiger partial charge in [0.2, 0.25) is 0 Å².